The Bertz CT molecular complexity index is 1720. The van der Waals surface area contributed by atoms with Crippen molar-refractivity contribution in [2.75, 3.05) is 10.7 Å². The fraction of sp³-hybridized carbons (Fsp3) is 0.258. The van der Waals surface area contributed by atoms with E-state index < -0.39 is 18.2 Å². The van der Waals surface area contributed by atoms with Gasteiger partial charge in [-0.25, -0.2) is 18.9 Å². The van der Waals surface area contributed by atoms with Crippen molar-refractivity contribution in [2.24, 2.45) is 4.99 Å². The molecule has 14 heteroatoms. The predicted molar refractivity (Wildman–Crippen MR) is 163 cm³/mol. The van der Waals surface area contributed by atoms with Gasteiger partial charge in [0.1, 0.15) is 17.9 Å². The second kappa shape index (κ2) is 13.1. The lowest BCUT2D eigenvalue weighted by atomic mass is 10.0. The molecule has 45 heavy (non-hydrogen) atoms. The Kier molecular flexibility index (Phi) is 9.23. The van der Waals surface area contributed by atoms with Gasteiger partial charge < -0.3 is 10.1 Å². The number of carbonyl (C=O) groups is 2. The maximum absolute atomic E-state index is 13.9. The van der Waals surface area contributed by atoms with E-state index in [1.807, 2.05) is 32.9 Å². The summed E-state index contributed by atoms with van der Waals surface area (Å²) >= 11 is 1.14. The fourth-order valence-corrected chi connectivity index (χ4v) is 5.61. The summed E-state index contributed by atoms with van der Waals surface area (Å²) in [6, 6.07) is 15.7. The molecule has 0 aliphatic carbocycles. The molecule has 4 aromatic rings. The number of amides is 3. The lowest BCUT2D eigenvalue weighted by Crippen LogP contribution is -2.33. The average Bonchev–Trinajstić information content (AvgIpc) is 3.63. The van der Waals surface area contributed by atoms with Crippen LogP contribution in [0.4, 0.5) is 28.0 Å². The highest BCUT2D eigenvalue weighted by Crippen LogP contribution is 2.34. The van der Waals surface area contributed by atoms with E-state index in [0.717, 1.165) is 17.3 Å². The number of hydrogen-bond donors (Lipinski definition) is 1. The minimum absolute atomic E-state index is 0.0612. The molecule has 1 aliphatic rings. The molecule has 2 heterocycles. The van der Waals surface area contributed by atoms with E-state index in [9.17, 15) is 27.2 Å². The third-order valence-electron chi connectivity index (χ3n) is 6.92. The molecule has 0 spiro atoms. The summed E-state index contributed by atoms with van der Waals surface area (Å²) in [5.74, 6) is -0.550. The Hall–Kier alpha value is -4.72. The third-order valence-corrected chi connectivity index (χ3v) is 7.84. The van der Waals surface area contributed by atoms with E-state index in [1.165, 1.54) is 58.4 Å². The van der Waals surface area contributed by atoms with Gasteiger partial charge in [0.25, 0.3) is 0 Å². The monoisotopic (exact) mass is 640 g/mol. The van der Waals surface area contributed by atoms with Crippen molar-refractivity contribution in [1.29, 1.82) is 0 Å². The minimum atomic E-state index is -4.78. The van der Waals surface area contributed by atoms with Gasteiger partial charge in [-0.2, -0.15) is 4.99 Å². The Morgan fingerprint density at radius 2 is 1.80 bits per heavy atom. The van der Waals surface area contributed by atoms with E-state index in [4.69, 9.17) is 0 Å². The number of hydrogen-bond acceptors (Lipinski definition) is 6. The molecule has 3 aromatic carbocycles. The van der Waals surface area contributed by atoms with Gasteiger partial charge in [-0.15, -0.1) is 18.3 Å². The first-order valence-corrected chi connectivity index (χ1v) is 14.9. The molecule has 1 atom stereocenters. The molecular weight excluding hydrogens is 612 g/mol. The van der Waals surface area contributed by atoms with Gasteiger partial charge in [-0.3, -0.25) is 9.69 Å². The number of aliphatic imine (C=N–C) groups is 1. The van der Waals surface area contributed by atoms with E-state index >= 15 is 0 Å². The number of thioether (sulfide) groups is 1. The molecule has 1 aliphatic heterocycles. The maximum Gasteiger partial charge on any atom is 0.573 e. The summed E-state index contributed by atoms with van der Waals surface area (Å²) in [4.78, 5) is 35.6. The highest BCUT2D eigenvalue weighted by molar-refractivity contribution is 8.15. The van der Waals surface area contributed by atoms with Crippen LogP contribution in [0.1, 0.15) is 50.3 Å². The molecule has 1 N–H and O–H groups in total. The second-order valence-electron chi connectivity index (χ2n) is 10.4. The van der Waals surface area contributed by atoms with Crippen LogP contribution in [0.2, 0.25) is 0 Å². The number of ether oxygens (including phenoxy) is 1. The van der Waals surface area contributed by atoms with Gasteiger partial charge in [0.2, 0.25) is 5.91 Å². The molecule has 0 bridgehead atoms. The van der Waals surface area contributed by atoms with E-state index in [1.54, 1.807) is 12.1 Å². The standard InChI is InChI=1S/C31H28F4N6O3S/c1-4-25(37-29(43)38-30-41(27(42)16-45-30)26-14-9-21(32)15-24(26)18(2)3)19-5-7-20(8-6-19)28-36-17-40(39-28)22-10-12-23(13-11-22)44-31(33,34)35/h5-15,17-18,25H,4,16H2,1-3H3,(H,37,43). The lowest BCUT2D eigenvalue weighted by Gasteiger charge is -2.22. The molecule has 1 saturated heterocycles. The number of amidine groups is 1. The van der Waals surface area contributed by atoms with Crippen molar-refractivity contribution in [3.05, 3.63) is 90.0 Å². The van der Waals surface area contributed by atoms with Crippen molar-refractivity contribution in [3.8, 4) is 22.8 Å². The summed E-state index contributed by atoms with van der Waals surface area (Å²) in [5.41, 5.74) is 3.13. The van der Waals surface area contributed by atoms with E-state index in [2.05, 4.69) is 25.1 Å². The Labute approximate surface area is 260 Å². The zero-order chi connectivity index (χ0) is 32.3. The van der Waals surface area contributed by atoms with Crippen LogP contribution in [-0.2, 0) is 4.79 Å². The zero-order valence-electron chi connectivity index (χ0n) is 24.4. The normalized spacial score (nSPS) is 15.2. The predicted octanol–water partition coefficient (Wildman–Crippen LogP) is 7.39. The van der Waals surface area contributed by atoms with Gasteiger partial charge in [0.15, 0.2) is 11.0 Å². The number of halogens is 4. The van der Waals surface area contributed by atoms with E-state index in [0.29, 0.717) is 34.7 Å². The fourth-order valence-electron chi connectivity index (χ4n) is 4.75. The van der Waals surface area contributed by atoms with Crippen molar-refractivity contribution < 1.29 is 31.9 Å². The Morgan fingerprint density at radius 3 is 2.44 bits per heavy atom. The van der Waals surface area contributed by atoms with Crippen LogP contribution < -0.4 is 15.0 Å². The minimum Gasteiger partial charge on any atom is -0.406 e. The number of alkyl halides is 3. The summed E-state index contributed by atoms with van der Waals surface area (Å²) in [5, 5.41) is 7.53. The Balaban J connectivity index is 1.28. The summed E-state index contributed by atoms with van der Waals surface area (Å²) in [6.45, 7) is 5.70. The molecular formula is C31H28F4N6O3S. The smallest absolute Gasteiger partial charge is 0.406 e. The van der Waals surface area contributed by atoms with E-state index in [-0.39, 0.29) is 34.5 Å². The molecule has 0 saturated carbocycles. The van der Waals surface area contributed by atoms with Gasteiger partial charge in [0.05, 0.1) is 23.2 Å². The number of nitrogens with one attached hydrogen (secondary N) is 1. The number of rotatable bonds is 8. The molecule has 3 amide bonds. The molecule has 1 aromatic heterocycles. The molecule has 234 valence electrons. The first kappa shape index (κ1) is 31.7. The van der Waals surface area contributed by atoms with Crippen molar-refractivity contribution in [1.82, 2.24) is 20.1 Å². The van der Waals surface area contributed by atoms with Gasteiger partial charge >= 0.3 is 12.4 Å². The summed E-state index contributed by atoms with van der Waals surface area (Å²) in [7, 11) is 0. The van der Waals surface area contributed by atoms with Crippen LogP contribution in [0, 0.1) is 5.82 Å². The SMILES string of the molecule is CCC(NC(=O)N=C1SCC(=O)N1c1ccc(F)cc1C(C)C)c1ccc(-c2ncn(-c3ccc(OC(F)(F)F)cc3)n2)cc1. The maximum atomic E-state index is 13.9. The summed E-state index contributed by atoms with van der Waals surface area (Å²) in [6.07, 6.45) is -2.77. The third kappa shape index (κ3) is 7.51. The summed E-state index contributed by atoms with van der Waals surface area (Å²) < 4.78 is 56.6. The average molecular weight is 641 g/mol. The largest absolute Gasteiger partial charge is 0.573 e. The van der Waals surface area contributed by atoms with Crippen LogP contribution in [0.3, 0.4) is 0 Å². The quantitative estimate of drug-likeness (QED) is 0.202. The van der Waals surface area contributed by atoms with Crippen molar-refractivity contribution in [2.45, 2.75) is 45.5 Å². The van der Waals surface area contributed by atoms with Gasteiger partial charge in [-0.1, -0.05) is 56.8 Å². The highest BCUT2D eigenvalue weighted by atomic mass is 32.2. The van der Waals surface area contributed by atoms with Crippen LogP contribution in [-0.4, -0.2) is 44.0 Å². The molecule has 0 radical (unpaired) electrons. The highest BCUT2D eigenvalue weighted by Gasteiger charge is 2.33. The number of anilines is 1. The number of urea groups is 1. The first-order chi connectivity index (χ1) is 21.4. The first-order valence-electron chi connectivity index (χ1n) is 13.9. The van der Waals surface area contributed by atoms with Crippen LogP contribution in [0.15, 0.2) is 78.0 Å². The van der Waals surface area contributed by atoms with Gasteiger partial charge in [0, 0.05) is 5.56 Å². The van der Waals surface area contributed by atoms with Crippen molar-refractivity contribution in [3.63, 3.8) is 0 Å². The lowest BCUT2D eigenvalue weighted by molar-refractivity contribution is -0.274. The number of aromatic nitrogens is 3. The molecule has 5 rings (SSSR count). The topological polar surface area (TPSA) is 102 Å². The van der Waals surface area contributed by atoms with Crippen LogP contribution >= 0.6 is 11.8 Å². The van der Waals surface area contributed by atoms with Gasteiger partial charge in [-0.05, 0) is 65.9 Å². The number of nitrogens with zero attached hydrogens (tertiary/aromatic N) is 5. The number of benzene rings is 3. The van der Waals surface area contributed by atoms with Crippen LogP contribution in [0.25, 0.3) is 17.1 Å². The molecule has 1 fully saturated rings. The second-order valence-corrected chi connectivity index (χ2v) is 11.3. The van der Waals surface area contributed by atoms with Crippen LogP contribution in [0.5, 0.6) is 5.75 Å². The van der Waals surface area contributed by atoms with Crippen molar-refractivity contribution >= 4 is 34.6 Å². The molecule has 1 unspecified atom stereocenters. The molecule has 9 nitrogen and oxygen atoms in total. The Morgan fingerprint density at radius 1 is 1.09 bits per heavy atom. The zero-order valence-corrected chi connectivity index (χ0v) is 25.2. The number of carbonyl (C=O) groups excluding carboxylic acids is 2.